The maximum Gasteiger partial charge on any atom is 0.253 e. The first-order valence-electron chi connectivity index (χ1n) is 6.63. The molecule has 1 aliphatic rings. The monoisotopic (exact) mass is 289 g/mol. The van der Waals surface area contributed by atoms with Crippen molar-refractivity contribution in [2.24, 2.45) is 0 Å². The molecule has 104 valence electrons. The normalized spacial score (nSPS) is 14.3. The van der Waals surface area contributed by atoms with E-state index in [1.807, 2.05) is 16.8 Å². The Morgan fingerprint density at radius 2 is 2.10 bits per heavy atom. The van der Waals surface area contributed by atoms with Crippen molar-refractivity contribution in [2.45, 2.75) is 18.8 Å². The highest BCUT2D eigenvalue weighted by Gasteiger charge is 2.28. The van der Waals surface area contributed by atoms with E-state index in [4.69, 9.17) is 11.6 Å². The van der Waals surface area contributed by atoms with Crippen LogP contribution in [-0.2, 0) is 0 Å². The van der Waals surface area contributed by atoms with E-state index in [-0.39, 0.29) is 5.91 Å². The second kappa shape index (κ2) is 4.94. The Labute approximate surface area is 123 Å². The van der Waals surface area contributed by atoms with Gasteiger partial charge in [0.2, 0.25) is 0 Å². The van der Waals surface area contributed by atoms with Gasteiger partial charge in [0.25, 0.3) is 5.91 Å². The van der Waals surface area contributed by atoms with E-state index in [9.17, 15) is 4.79 Å². The van der Waals surface area contributed by atoms with E-state index < -0.39 is 0 Å². The van der Waals surface area contributed by atoms with Crippen LogP contribution in [0.2, 0.25) is 5.02 Å². The fourth-order valence-corrected chi connectivity index (χ4v) is 2.47. The number of carbonyl (C=O) groups is 1. The summed E-state index contributed by atoms with van der Waals surface area (Å²) in [6.07, 6.45) is 4.17. The number of carbonyl (C=O) groups excluding carboxylic acids is 1. The minimum absolute atomic E-state index is 0.0388. The molecule has 0 saturated heterocycles. The quantitative estimate of drug-likeness (QED) is 0.871. The van der Waals surface area contributed by atoms with Gasteiger partial charge in [-0.2, -0.15) is 5.10 Å². The number of benzene rings is 1. The van der Waals surface area contributed by atoms with Crippen LogP contribution in [0.1, 0.15) is 34.8 Å². The molecule has 0 atom stereocenters. The van der Waals surface area contributed by atoms with Gasteiger partial charge in [-0.3, -0.25) is 4.79 Å². The standard InChI is InChI=1S/C15H16ClN3O/c1-18(2)15(20)11-5-6-12(16)14(9-11)19-13(7-8-17-19)10-3-4-10/h5-10H,3-4H2,1-2H3. The van der Waals surface area contributed by atoms with E-state index in [1.54, 1.807) is 37.3 Å². The molecule has 1 amide bonds. The lowest BCUT2D eigenvalue weighted by molar-refractivity contribution is 0.0827. The van der Waals surface area contributed by atoms with Crippen molar-refractivity contribution in [3.05, 3.63) is 46.7 Å². The fraction of sp³-hybridized carbons (Fsp3) is 0.333. The lowest BCUT2D eigenvalue weighted by Gasteiger charge is -2.13. The minimum atomic E-state index is -0.0388. The summed E-state index contributed by atoms with van der Waals surface area (Å²) in [6, 6.07) is 7.33. The van der Waals surface area contributed by atoms with Crippen molar-refractivity contribution in [2.75, 3.05) is 14.1 Å². The van der Waals surface area contributed by atoms with Crippen LogP contribution in [0.3, 0.4) is 0 Å². The number of aromatic nitrogens is 2. The fourth-order valence-electron chi connectivity index (χ4n) is 2.27. The van der Waals surface area contributed by atoms with Crippen molar-refractivity contribution in [1.82, 2.24) is 14.7 Å². The summed E-state index contributed by atoms with van der Waals surface area (Å²) < 4.78 is 1.85. The van der Waals surface area contributed by atoms with Gasteiger partial charge in [-0.25, -0.2) is 4.68 Å². The van der Waals surface area contributed by atoms with Crippen LogP contribution in [0.15, 0.2) is 30.5 Å². The van der Waals surface area contributed by atoms with E-state index in [0.717, 1.165) is 5.69 Å². The molecule has 1 fully saturated rings. The van der Waals surface area contributed by atoms with Crippen LogP contribution in [0.25, 0.3) is 5.69 Å². The lowest BCUT2D eigenvalue weighted by atomic mass is 10.1. The summed E-state index contributed by atoms with van der Waals surface area (Å²) in [5.41, 5.74) is 2.55. The molecule has 1 aromatic heterocycles. The van der Waals surface area contributed by atoms with Crippen LogP contribution < -0.4 is 0 Å². The van der Waals surface area contributed by atoms with Gasteiger partial charge in [-0.15, -0.1) is 0 Å². The molecule has 1 aliphatic carbocycles. The Morgan fingerprint density at radius 3 is 2.75 bits per heavy atom. The zero-order chi connectivity index (χ0) is 14.3. The predicted molar refractivity (Wildman–Crippen MR) is 78.6 cm³/mol. The summed E-state index contributed by atoms with van der Waals surface area (Å²) >= 11 is 6.28. The number of amides is 1. The van der Waals surface area contributed by atoms with Gasteiger partial charge in [0.05, 0.1) is 10.7 Å². The average molecular weight is 290 g/mol. The van der Waals surface area contributed by atoms with Gasteiger partial charge < -0.3 is 4.90 Å². The summed E-state index contributed by atoms with van der Waals surface area (Å²) in [7, 11) is 3.47. The molecular weight excluding hydrogens is 274 g/mol. The second-order valence-corrected chi connectivity index (χ2v) is 5.72. The molecule has 5 heteroatoms. The van der Waals surface area contributed by atoms with Crippen LogP contribution >= 0.6 is 11.6 Å². The molecule has 1 heterocycles. The molecule has 0 unspecified atom stereocenters. The van der Waals surface area contributed by atoms with Gasteiger partial charge in [0.1, 0.15) is 0 Å². The third-order valence-electron chi connectivity index (χ3n) is 3.50. The zero-order valence-corrected chi connectivity index (χ0v) is 12.3. The molecule has 0 radical (unpaired) electrons. The van der Waals surface area contributed by atoms with Crippen molar-refractivity contribution in [1.29, 1.82) is 0 Å². The van der Waals surface area contributed by atoms with Crippen molar-refractivity contribution in [3.63, 3.8) is 0 Å². The van der Waals surface area contributed by atoms with Gasteiger partial charge in [0.15, 0.2) is 0 Å². The third-order valence-corrected chi connectivity index (χ3v) is 3.81. The number of rotatable bonds is 3. The Bertz CT molecular complexity index is 659. The molecular formula is C15H16ClN3O. The Balaban J connectivity index is 2.06. The van der Waals surface area contributed by atoms with E-state index >= 15 is 0 Å². The van der Waals surface area contributed by atoms with Gasteiger partial charge in [-0.05, 0) is 37.1 Å². The average Bonchev–Trinajstić information content (AvgIpc) is 3.16. The largest absolute Gasteiger partial charge is 0.345 e. The van der Waals surface area contributed by atoms with E-state index in [2.05, 4.69) is 5.10 Å². The van der Waals surface area contributed by atoms with Crippen LogP contribution in [0.4, 0.5) is 0 Å². The Kier molecular flexibility index (Phi) is 3.26. The summed E-state index contributed by atoms with van der Waals surface area (Å²) in [5, 5.41) is 4.96. The number of hydrogen-bond acceptors (Lipinski definition) is 2. The molecule has 1 aromatic carbocycles. The highest BCUT2D eigenvalue weighted by Crippen LogP contribution is 2.41. The molecule has 0 N–H and O–H groups in total. The predicted octanol–water partition coefficient (Wildman–Crippen LogP) is 3.10. The minimum Gasteiger partial charge on any atom is -0.345 e. The summed E-state index contributed by atoms with van der Waals surface area (Å²) in [5.74, 6) is 0.532. The molecule has 20 heavy (non-hydrogen) atoms. The first kappa shape index (κ1) is 13.2. The SMILES string of the molecule is CN(C)C(=O)c1ccc(Cl)c(-n2nccc2C2CC2)c1. The Hall–Kier alpha value is -1.81. The molecule has 3 rings (SSSR count). The van der Waals surface area contributed by atoms with Crippen LogP contribution in [-0.4, -0.2) is 34.7 Å². The van der Waals surface area contributed by atoms with Gasteiger partial charge >= 0.3 is 0 Å². The van der Waals surface area contributed by atoms with Crippen LogP contribution in [0.5, 0.6) is 0 Å². The number of hydrogen-bond donors (Lipinski definition) is 0. The van der Waals surface area contributed by atoms with Gasteiger partial charge in [-0.1, -0.05) is 11.6 Å². The van der Waals surface area contributed by atoms with Gasteiger partial charge in [0, 0.05) is 37.5 Å². The second-order valence-electron chi connectivity index (χ2n) is 5.31. The number of halogens is 1. The molecule has 4 nitrogen and oxygen atoms in total. The molecule has 2 aromatic rings. The first-order chi connectivity index (χ1) is 9.58. The van der Waals surface area contributed by atoms with E-state index in [0.29, 0.717) is 16.5 Å². The third kappa shape index (κ3) is 2.31. The van der Waals surface area contributed by atoms with Crippen molar-refractivity contribution in [3.8, 4) is 5.69 Å². The van der Waals surface area contributed by atoms with Crippen LogP contribution in [0, 0.1) is 0 Å². The summed E-state index contributed by atoms with van der Waals surface area (Å²) in [4.78, 5) is 13.6. The summed E-state index contributed by atoms with van der Waals surface area (Å²) in [6.45, 7) is 0. The first-order valence-corrected chi connectivity index (χ1v) is 7.01. The Morgan fingerprint density at radius 1 is 1.35 bits per heavy atom. The molecule has 0 bridgehead atoms. The molecule has 1 saturated carbocycles. The van der Waals surface area contributed by atoms with Crippen molar-refractivity contribution < 1.29 is 4.79 Å². The lowest BCUT2D eigenvalue weighted by Crippen LogP contribution is -2.21. The maximum atomic E-state index is 12.1. The van der Waals surface area contributed by atoms with Crippen molar-refractivity contribution >= 4 is 17.5 Å². The molecule has 0 spiro atoms. The maximum absolute atomic E-state index is 12.1. The molecule has 0 aliphatic heterocycles. The topological polar surface area (TPSA) is 38.1 Å². The smallest absolute Gasteiger partial charge is 0.253 e. The highest BCUT2D eigenvalue weighted by atomic mass is 35.5. The number of nitrogens with zero attached hydrogens (tertiary/aromatic N) is 3. The zero-order valence-electron chi connectivity index (χ0n) is 11.5. The highest BCUT2D eigenvalue weighted by molar-refractivity contribution is 6.32. The van der Waals surface area contributed by atoms with E-state index in [1.165, 1.54) is 18.5 Å².